The lowest BCUT2D eigenvalue weighted by Gasteiger charge is -2.36. The number of rotatable bonds is 8. The van der Waals surface area contributed by atoms with Crippen LogP contribution in [0.25, 0.3) is 0 Å². The summed E-state index contributed by atoms with van der Waals surface area (Å²) < 4.78 is 7.34. The van der Waals surface area contributed by atoms with Gasteiger partial charge in [0.2, 0.25) is 5.43 Å². The van der Waals surface area contributed by atoms with E-state index >= 15 is 0 Å². The molecular formula is C26H26N2O5. The Morgan fingerprint density at radius 1 is 1.09 bits per heavy atom. The number of aromatic carboxylic acids is 1. The van der Waals surface area contributed by atoms with E-state index in [-0.39, 0.29) is 36.6 Å². The minimum Gasteiger partial charge on any atom is -0.487 e. The third-order valence-corrected chi connectivity index (χ3v) is 5.91. The number of carboxylic acids is 1. The zero-order chi connectivity index (χ0) is 23.4. The van der Waals surface area contributed by atoms with Crippen molar-refractivity contribution < 1.29 is 19.4 Å². The molecule has 3 aromatic rings. The number of hydrogen-bond donors (Lipinski definition) is 2. The van der Waals surface area contributed by atoms with Crippen LogP contribution in [0.1, 0.15) is 63.7 Å². The highest BCUT2D eigenvalue weighted by atomic mass is 16.5. The normalized spacial score (nSPS) is 15.1. The van der Waals surface area contributed by atoms with Gasteiger partial charge in [-0.05, 0) is 17.5 Å². The van der Waals surface area contributed by atoms with Crippen LogP contribution in [0.5, 0.6) is 5.75 Å². The maximum absolute atomic E-state index is 12.9. The van der Waals surface area contributed by atoms with Gasteiger partial charge < -0.3 is 19.7 Å². The first-order valence-corrected chi connectivity index (χ1v) is 11.1. The summed E-state index contributed by atoms with van der Waals surface area (Å²) in [6.07, 6.45) is 2.80. The van der Waals surface area contributed by atoms with Gasteiger partial charge in [0.15, 0.2) is 11.4 Å². The van der Waals surface area contributed by atoms with Crippen LogP contribution < -0.4 is 15.5 Å². The molecule has 0 fully saturated rings. The number of aromatic nitrogens is 1. The Morgan fingerprint density at radius 2 is 1.70 bits per heavy atom. The van der Waals surface area contributed by atoms with Crippen LogP contribution in [0.2, 0.25) is 0 Å². The summed E-state index contributed by atoms with van der Waals surface area (Å²) >= 11 is 0. The number of nitrogens with zero attached hydrogens (tertiary/aromatic N) is 1. The van der Waals surface area contributed by atoms with E-state index in [0.717, 1.165) is 17.5 Å². The van der Waals surface area contributed by atoms with Gasteiger partial charge >= 0.3 is 5.97 Å². The van der Waals surface area contributed by atoms with E-state index in [1.165, 1.54) is 6.20 Å². The number of carbonyl (C=O) groups excluding carboxylic acids is 1. The van der Waals surface area contributed by atoms with E-state index in [2.05, 4.69) is 5.32 Å². The number of carboxylic acid groups (broad SMARTS) is 1. The molecule has 2 N–H and O–H groups in total. The number of carbonyl (C=O) groups is 2. The van der Waals surface area contributed by atoms with E-state index in [4.69, 9.17) is 4.74 Å². The number of fused-ring (bicyclic) bond motifs is 1. The van der Waals surface area contributed by atoms with Crippen LogP contribution in [-0.4, -0.2) is 34.7 Å². The van der Waals surface area contributed by atoms with Gasteiger partial charge in [0.25, 0.3) is 5.91 Å². The highest BCUT2D eigenvalue weighted by Crippen LogP contribution is 2.38. The molecule has 7 heteroatoms. The summed E-state index contributed by atoms with van der Waals surface area (Å²) in [4.78, 5) is 37.8. The maximum Gasteiger partial charge on any atom is 0.341 e. The number of unbranched alkanes of at least 4 members (excludes halogenated alkanes) is 1. The smallest absolute Gasteiger partial charge is 0.341 e. The average molecular weight is 447 g/mol. The summed E-state index contributed by atoms with van der Waals surface area (Å²) in [6, 6.07) is 19.3. The largest absolute Gasteiger partial charge is 0.487 e. The summed E-state index contributed by atoms with van der Waals surface area (Å²) in [7, 11) is 0. The number of ether oxygens (including phenoxy) is 1. The van der Waals surface area contributed by atoms with Crippen molar-refractivity contribution in [2.45, 2.75) is 31.7 Å². The monoisotopic (exact) mass is 446 g/mol. The minimum absolute atomic E-state index is 0.0641. The molecule has 0 spiro atoms. The van der Waals surface area contributed by atoms with Crippen molar-refractivity contribution in [3.63, 3.8) is 0 Å². The van der Waals surface area contributed by atoms with Crippen LogP contribution in [0.3, 0.4) is 0 Å². The third-order valence-electron chi connectivity index (χ3n) is 5.91. The van der Waals surface area contributed by atoms with Crippen molar-refractivity contribution in [3.8, 4) is 5.75 Å². The number of hydrogen-bond acceptors (Lipinski definition) is 4. The third kappa shape index (κ3) is 4.39. The molecule has 0 aliphatic carbocycles. The molecule has 4 rings (SSSR count). The Bertz CT molecular complexity index is 1170. The predicted molar refractivity (Wildman–Crippen MR) is 124 cm³/mol. The van der Waals surface area contributed by atoms with Crippen LogP contribution in [0.4, 0.5) is 0 Å². The maximum atomic E-state index is 12.9. The molecule has 7 nitrogen and oxygen atoms in total. The Kier molecular flexibility index (Phi) is 6.58. The zero-order valence-electron chi connectivity index (χ0n) is 18.4. The van der Waals surface area contributed by atoms with Crippen LogP contribution in [-0.2, 0) is 0 Å². The number of pyridine rings is 1. The highest BCUT2D eigenvalue weighted by Gasteiger charge is 2.36. The van der Waals surface area contributed by atoms with Crippen LogP contribution >= 0.6 is 0 Å². The molecule has 1 aromatic heterocycles. The van der Waals surface area contributed by atoms with Crippen molar-refractivity contribution >= 4 is 11.9 Å². The van der Waals surface area contributed by atoms with E-state index in [1.807, 2.05) is 67.6 Å². The first kappa shape index (κ1) is 22.3. The number of nitrogens with one attached hydrogen (secondary N) is 1. The Balaban J connectivity index is 1.94. The molecule has 170 valence electrons. The lowest BCUT2D eigenvalue weighted by Crippen LogP contribution is -2.44. The second kappa shape index (κ2) is 9.73. The SMILES string of the molecule is CCCCOc1c2n(cc(C(=O)O)c1=O)[C@@H](C(c1ccccc1)c1ccccc1)CNC2=O. The summed E-state index contributed by atoms with van der Waals surface area (Å²) in [5.41, 5.74) is 0.898. The Morgan fingerprint density at radius 3 is 2.24 bits per heavy atom. The number of benzene rings is 2. The molecule has 1 aliphatic rings. The molecule has 33 heavy (non-hydrogen) atoms. The lowest BCUT2D eigenvalue weighted by molar-refractivity contribution is 0.0690. The van der Waals surface area contributed by atoms with Crippen molar-refractivity contribution in [3.05, 3.63) is 99.5 Å². The molecule has 0 bridgehead atoms. The Labute approximate surface area is 191 Å². The van der Waals surface area contributed by atoms with E-state index in [1.54, 1.807) is 4.57 Å². The second-order valence-electron chi connectivity index (χ2n) is 8.04. The zero-order valence-corrected chi connectivity index (χ0v) is 18.4. The fourth-order valence-electron chi connectivity index (χ4n) is 4.31. The van der Waals surface area contributed by atoms with Gasteiger partial charge in [0, 0.05) is 18.7 Å². The summed E-state index contributed by atoms with van der Waals surface area (Å²) in [5, 5.41) is 12.6. The fourth-order valence-corrected chi connectivity index (χ4v) is 4.31. The second-order valence-corrected chi connectivity index (χ2v) is 8.04. The highest BCUT2D eigenvalue weighted by molar-refractivity contribution is 5.97. The molecule has 0 radical (unpaired) electrons. The standard InChI is InChI=1S/C26H26N2O5/c1-2-3-14-33-24-22-25(30)27-15-20(28(22)16-19(23(24)29)26(31)32)21(17-10-6-4-7-11-17)18-12-8-5-9-13-18/h4-13,16,20-21H,2-3,14-15H2,1H3,(H,27,30)(H,31,32)/t20-/m1/s1. The van der Waals surface area contributed by atoms with Gasteiger partial charge in [-0.2, -0.15) is 0 Å². The van der Waals surface area contributed by atoms with E-state index in [0.29, 0.717) is 6.42 Å². The van der Waals surface area contributed by atoms with Crippen LogP contribution in [0.15, 0.2) is 71.7 Å². The lowest BCUT2D eigenvalue weighted by atomic mass is 9.83. The molecule has 0 saturated heterocycles. The minimum atomic E-state index is -1.35. The van der Waals surface area contributed by atoms with Crippen molar-refractivity contribution in [2.75, 3.05) is 13.2 Å². The van der Waals surface area contributed by atoms with Gasteiger partial charge in [0.05, 0.1) is 12.6 Å². The molecule has 0 saturated carbocycles. The first-order valence-electron chi connectivity index (χ1n) is 11.1. The molecule has 0 unspecified atom stereocenters. The van der Waals surface area contributed by atoms with Gasteiger partial charge in [-0.25, -0.2) is 4.79 Å². The van der Waals surface area contributed by atoms with Crippen molar-refractivity contribution in [1.82, 2.24) is 9.88 Å². The average Bonchev–Trinajstić information content (AvgIpc) is 2.83. The van der Waals surface area contributed by atoms with Gasteiger partial charge in [0.1, 0.15) is 5.56 Å². The van der Waals surface area contributed by atoms with Gasteiger partial charge in [-0.1, -0.05) is 74.0 Å². The van der Waals surface area contributed by atoms with Crippen molar-refractivity contribution in [2.24, 2.45) is 0 Å². The van der Waals surface area contributed by atoms with Gasteiger partial charge in [-0.15, -0.1) is 0 Å². The quantitative estimate of drug-likeness (QED) is 0.513. The molecule has 1 atom stereocenters. The van der Waals surface area contributed by atoms with Gasteiger partial charge in [-0.3, -0.25) is 9.59 Å². The summed E-state index contributed by atoms with van der Waals surface area (Å²) in [5.74, 6) is -2.20. The van der Waals surface area contributed by atoms with Crippen LogP contribution in [0, 0.1) is 0 Å². The van der Waals surface area contributed by atoms with E-state index < -0.39 is 22.9 Å². The molecule has 1 aliphatic heterocycles. The topological polar surface area (TPSA) is 97.6 Å². The first-order chi connectivity index (χ1) is 16.0. The number of amides is 1. The predicted octanol–water partition coefficient (Wildman–Crippen LogP) is 3.84. The van der Waals surface area contributed by atoms with Crippen molar-refractivity contribution in [1.29, 1.82) is 0 Å². The fraction of sp³-hybridized carbons (Fsp3) is 0.269. The molecule has 2 heterocycles. The molecule has 2 aromatic carbocycles. The molecule has 1 amide bonds. The van der Waals surface area contributed by atoms with E-state index in [9.17, 15) is 19.5 Å². The summed E-state index contributed by atoms with van der Waals surface area (Å²) in [6.45, 7) is 2.48. The molecular weight excluding hydrogens is 420 g/mol. The Hall–Kier alpha value is -3.87.